The number of rotatable bonds is 4. The van der Waals surface area contributed by atoms with E-state index in [-0.39, 0.29) is 24.2 Å². The second-order valence-corrected chi connectivity index (χ2v) is 5.50. The summed E-state index contributed by atoms with van der Waals surface area (Å²) in [4.78, 5) is 25.8. The zero-order chi connectivity index (χ0) is 15.3. The predicted molar refractivity (Wildman–Crippen MR) is 75.4 cm³/mol. The molecule has 2 amide bonds. The lowest BCUT2D eigenvalue weighted by molar-refractivity contribution is -0.144. The molecule has 0 spiro atoms. The highest BCUT2D eigenvalue weighted by Gasteiger charge is 2.31. The van der Waals surface area contributed by atoms with E-state index in [9.17, 15) is 9.59 Å². The third-order valence-corrected chi connectivity index (χ3v) is 3.65. The Morgan fingerprint density at radius 2 is 1.90 bits per heavy atom. The Morgan fingerprint density at radius 1 is 1.35 bits per heavy atom. The summed E-state index contributed by atoms with van der Waals surface area (Å²) in [5.74, 6) is -0.371. The summed E-state index contributed by atoms with van der Waals surface area (Å²) in [5, 5.41) is 2.79. The summed E-state index contributed by atoms with van der Waals surface area (Å²) < 4.78 is 10.4. The lowest BCUT2D eigenvalue weighted by atomic mass is 9.99. The van der Waals surface area contributed by atoms with Crippen LogP contribution in [-0.2, 0) is 14.3 Å². The lowest BCUT2D eigenvalue weighted by Crippen LogP contribution is -2.56. The van der Waals surface area contributed by atoms with Gasteiger partial charge in [0.25, 0.3) is 0 Å². The minimum atomic E-state index is -0.606. The van der Waals surface area contributed by atoms with E-state index >= 15 is 0 Å². The molecule has 0 aromatic rings. The molecule has 1 saturated heterocycles. The molecule has 1 aliphatic heterocycles. The van der Waals surface area contributed by atoms with Crippen LogP contribution in [0, 0.1) is 5.92 Å². The Morgan fingerprint density at radius 3 is 2.35 bits per heavy atom. The quantitative estimate of drug-likeness (QED) is 0.793. The van der Waals surface area contributed by atoms with E-state index in [1.807, 2.05) is 27.7 Å². The van der Waals surface area contributed by atoms with Crippen LogP contribution in [-0.4, -0.2) is 55.3 Å². The van der Waals surface area contributed by atoms with Gasteiger partial charge in [-0.3, -0.25) is 0 Å². The number of urea groups is 1. The van der Waals surface area contributed by atoms with Gasteiger partial charge in [0, 0.05) is 13.1 Å². The van der Waals surface area contributed by atoms with E-state index < -0.39 is 12.0 Å². The van der Waals surface area contributed by atoms with Gasteiger partial charge in [-0.15, -0.1) is 0 Å². The van der Waals surface area contributed by atoms with E-state index in [2.05, 4.69) is 5.32 Å². The number of hydrogen-bond acceptors (Lipinski definition) is 4. The van der Waals surface area contributed by atoms with Crippen LogP contribution in [0.1, 0.15) is 34.1 Å². The molecule has 0 bridgehead atoms. The Bertz CT molecular complexity index is 338. The number of carbonyl (C=O) groups is 2. The van der Waals surface area contributed by atoms with Crippen molar-refractivity contribution in [2.45, 2.75) is 52.4 Å². The molecule has 0 aromatic carbocycles. The minimum absolute atomic E-state index is 0.00433. The highest BCUT2D eigenvalue weighted by atomic mass is 16.5. The third-order valence-electron chi connectivity index (χ3n) is 3.65. The van der Waals surface area contributed by atoms with Crippen molar-refractivity contribution in [3.8, 4) is 0 Å². The standard InChI is InChI=1S/C14H26N2O4/c1-6-9(2)12(13(17)19-5)15-14(18)16-7-10(3)20-11(4)8-16/h9-12H,6-8H2,1-5H3,(H,15,18)/t9-,10-,11-,12+/m1/s1. The van der Waals surface area contributed by atoms with Gasteiger partial charge < -0.3 is 19.7 Å². The van der Waals surface area contributed by atoms with Crippen LogP contribution in [0.3, 0.4) is 0 Å². The normalized spacial score (nSPS) is 25.8. The molecule has 1 N–H and O–H groups in total. The zero-order valence-corrected chi connectivity index (χ0v) is 13.0. The van der Waals surface area contributed by atoms with Crippen molar-refractivity contribution in [2.75, 3.05) is 20.2 Å². The molecule has 0 aliphatic carbocycles. The molecule has 6 heteroatoms. The molecule has 6 nitrogen and oxygen atoms in total. The van der Waals surface area contributed by atoms with E-state index in [1.165, 1.54) is 7.11 Å². The number of carbonyl (C=O) groups excluding carboxylic acids is 2. The van der Waals surface area contributed by atoms with Crippen molar-refractivity contribution in [1.29, 1.82) is 0 Å². The van der Waals surface area contributed by atoms with Gasteiger partial charge in [-0.25, -0.2) is 9.59 Å². The molecule has 1 rings (SSSR count). The first-order valence-electron chi connectivity index (χ1n) is 7.17. The maximum atomic E-state index is 12.3. The van der Waals surface area contributed by atoms with Crippen LogP contribution in [0.2, 0.25) is 0 Å². The van der Waals surface area contributed by atoms with Crippen molar-refractivity contribution in [3.63, 3.8) is 0 Å². The maximum absolute atomic E-state index is 12.3. The fourth-order valence-electron chi connectivity index (χ4n) is 2.36. The summed E-state index contributed by atoms with van der Waals surface area (Å²) >= 11 is 0. The van der Waals surface area contributed by atoms with Crippen LogP contribution < -0.4 is 5.32 Å². The van der Waals surface area contributed by atoms with Crippen molar-refractivity contribution in [2.24, 2.45) is 5.92 Å². The van der Waals surface area contributed by atoms with Crippen molar-refractivity contribution < 1.29 is 19.1 Å². The number of nitrogens with one attached hydrogen (secondary N) is 1. The fraction of sp³-hybridized carbons (Fsp3) is 0.857. The Kier molecular flexibility index (Phi) is 6.26. The second kappa shape index (κ2) is 7.47. The lowest BCUT2D eigenvalue weighted by Gasteiger charge is -2.36. The Labute approximate surface area is 120 Å². The van der Waals surface area contributed by atoms with Crippen LogP contribution >= 0.6 is 0 Å². The maximum Gasteiger partial charge on any atom is 0.328 e. The summed E-state index contributed by atoms with van der Waals surface area (Å²) in [6.07, 6.45) is 0.796. The first-order valence-corrected chi connectivity index (χ1v) is 7.17. The average molecular weight is 286 g/mol. The minimum Gasteiger partial charge on any atom is -0.467 e. The highest BCUT2D eigenvalue weighted by molar-refractivity contribution is 5.83. The van der Waals surface area contributed by atoms with Crippen LogP contribution in [0.25, 0.3) is 0 Å². The molecule has 0 unspecified atom stereocenters. The molecular weight excluding hydrogens is 260 g/mol. The number of esters is 1. The molecule has 1 fully saturated rings. The molecule has 4 atom stereocenters. The number of nitrogens with zero attached hydrogens (tertiary/aromatic N) is 1. The largest absolute Gasteiger partial charge is 0.467 e. The SMILES string of the molecule is CC[C@@H](C)[C@H](NC(=O)N1C[C@@H](C)O[C@H](C)C1)C(=O)OC. The second-order valence-electron chi connectivity index (χ2n) is 5.50. The topological polar surface area (TPSA) is 67.9 Å². The van der Waals surface area contributed by atoms with Crippen LogP contribution in [0.5, 0.6) is 0 Å². The van der Waals surface area contributed by atoms with Crippen molar-refractivity contribution in [3.05, 3.63) is 0 Å². The molecule has 116 valence electrons. The summed E-state index contributed by atoms with van der Waals surface area (Å²) in [5.41, 5.74) is 0. The predicted octanol–water partition coefficient (Wildman–Crippen LogP) is 1.39. The molecular formula is C14H26N2O4. The van der Waals surface area contributed by atoms with Gasteiger partial charge >= 0.3 is 12.0 Å². The van der Waals surface area contributed by atoms with E-state index in [1.54, 1.807) is 4.90 Å². The molecule has 1 aliphatic rings. The van der Waals surface area contributed by atoms with E-state index in [0.717, 1.165) is 6.42 Å². The smallest absolute Gasteiger partial charge is 0.328 e. The first-order chi connectivity index (χ1) is 9.38. The monoisotopic (exact) mass is 286 g/mol. The summed E-state index contributed by atoms with van der Waals surface area (Å²) in [6, 6.07) is -0.839. The van der Waals surface area contributed by atoms with Crippen LogP contribution in [0.4, 0.5) is 4.79 Å². The summed E-state index contributed by atoms with van der Waals surface area (Å²) in [6.45, 7) is 8.83. The first kappa shape index (κ1) is 16.8. The van der Waals surface area contributed by atoms with Gasteiger partial charge in [0.05, 0.1) is 19.3 Å². The molecule has 0 radical (unpaired) electrons. The Hall–Kier alpha value is -1.30. The van der Waals surface area contributed by atoms with Gasteiger partial charge in [0.1, 0.15) is 6.04 Å². The van der Waals surface area contributed by atoms with Gasteiger partial charge in [-0.2, -0.15) is 0 Å². The number of methoxy groups -OCH3 is 1. The number of hydrogen-bond donors (Lipinski definition) is 1. The average Bonchev–Trinajstić information content (AvgIpc) is 2.41. The van der Waals surface area contributed by atoms with E-state index in [0.29, 0.717) is 13.1 Å². The third kappa shape index (κ3) is 4.37. The Balaban J connectivity index is 2.67. The van der Waals surface area contributed by atoms with Gasteiger partial charge in [-0.05, 0) is 19.8 Å². The number of ether oxygens (including phenoxy) is 2. The summed E-state index contributed by atoms with van der Waals surface area (Å²) in [7, 11) is 1.34. The van der Waals surface area contributed by atoms with E-state index in [4.69, 9.17) is 9.47 Å². The molecule has 0 aromatic heterocycles. The van der Waals surface area contributed by atoms with Gasteiger partial charge in [-0.1, -0.05) is 20.3 Å². The van der Waals surface area contributed by atoms with Crippen molar-refractivity contribution in [1.82, 2.24) is 10.2 Å². The van der Waals surface area contributed by atoms with Gasteiger partial charge in [0.2, 0.25) is 0 Å². The highest BCUT2D eigenvalue weighted by Crippen LogP contribution is 2.13. The van der Waals surface area contributed by atoms with Gasteiger partial charge in [0.15, 0.2) is 0 Å². The fourth-order valence-corrected chi connectivity index (χ4v) is 2.36. The molecule has 1 heterocycles. The number of morpholine rings is 1. The molecule has 0 saturated carbocycles. The molecule has 20 heavy (non-hydrogen) atoms. The van der Waals surface area contributed by atoms with Crippen molar-refractivity contribution >= 4 is 12.0 Å². The zero-order valence-electron chi connectivity index (χ0n) is 13.0. The van der Waals surface area contributed by atoms with Crippen LogP contribution in [0.15, 0.2) is 0 Å². The number of amides is 2.